The van der Waals surface area contributed by atoms with Crippen molar-refractivity contribution in [3.63, 3.8) is 0 Å². The average molecular weight is 253 g/mol. The Morgan fingerprint density at radius 2 is 2.61 bits per heavy atom. The number of carbonyl (C=O) groups excluding carboxylic acids is 1. The maximum atomic E-state index is 11.9. The standard InChI is InChI=1S/C11H19N5O2/c1-8(10-3-2-6-18-10)13-11(17)9-7-16(5-4-12)15-14-9/h7-8,10H,2-6,12H2,1H3,(H,13,17). The fraction of sp³-hybridized carbons (Fsp3) is 0.727. The average Bonchev–Trinajstić information content (AvgIpc) is 3.00. The van der Waals surface area contributed by atoms with Crippen molar-refractivity contribution in [1.82, 2.24) is 20.3 Å². The highest BCUT2D eigenvalue weighted by Crippen LogP contribution is 2.15. The summed E-state index contributed by atoms with van der Waals surface area (Å²) in [5.41, 5.74) is 5.72. The predicted octanol–water partition coefficient (Wildman–Crippen LogP) is -0.466. The summed E-state index contributed by atoms with van der Waals surface area (Å²) in [4.78, 5) is 11.9. The number of nitrogens with one attached hydrogen (secondary N) is 1. The SMILES string of the molecule is CC(NC(=O)c1cn(CCN)nn1)C1CCCO1. The van der Waals surface area contributed by atoms with Crippen LogP contribution in [0.5, 0.6) is 0 Å². The molecule has 100 valence electrons. The van der Waals surface area contributed by atoms with Crippen LogP contribution in [-0.4, -0.2) is 46.2 Å². The van der Waals surface area contributed by atoms with Gasteiger partial charge in [0.25, 0.3) is 5.91 Å². The molecule has 2 rings (SSSR count). The molecule has 0 radical (unpaired) electrons. The molecule has 18 heavy (non-hydrogen) atoms. The summed E-state index contributed by atoms with van der Waals surface area (Å²) in [7, 11) is 0. The topological polar surface area (TPSA) is 95.1 Å². The maximum Gasteiger partial charge on any atom is 0.273 e. The van der Waals surface area contributed by atoms with Crippen LogP contribution in [0.1, 0.15) is 30.3 Å². The highest BCUT2D eigenvalue weighted by atomic mass is 16.5. The van der Waals surface area contributed by atoms with E-state index in [1.807, 2.05) is 6.92 Å². The second kappa shape index (κ2) is 5.92. The summed E-state index contributed by atoms with van der Waals surface area (Å²) < 4.78 is 7.08. The first kappa shape index (κ1) is 13.0. The Morgan fingerprint density at radius 3 is 3.28 bits per heavy atom. The molecular formula is C11H19N5O2. The molecule has 0 spiro atoms. The van der Waals surface area contributed by atoms with E-state index < -0.39 is 0 Å². The molecule has 3 N–H and O–H groups in total. The summed E-state index contributed by atoms with van der Waals surface area (Å²) in [6, 6.07) is -0.0142. The van der Waals surface area contributed by atoms with E-state index in [0.717, 1.165) is 19.4 Å². The lowest BCUT2D eigenvalue weighted by molar-refractivity contribution is 0.0709. The van der Waals surface area contributed by atoms with Gasteiger partial charge < -0.3 is 15.8 Å². The van der Waals surface area contributed by atoms with Gasteiger partial charge in [-0.3, -0.25) is 9.48 Å². The van der Waals surface area contributed by atoms with Crippen molar-refractivity contribution in [3.05, 3.63) is 11.9 Å². The number of hydrogen-bond acceptors (Lipinski definition) is 5. The summed E-state index contributed by atoms with van der Waals surface area (Å²) in [6.45, 7) is 3.74. The normalized spacial score (nSPS) is 20.9. The number of carbonyl (C=O) groups is 1. The van der Waals surface area contributed by atoms with Gasteiger partial charge in [-0.1, -0.05) is 5.21 Å². The first-order valence-corrected chi connectivity index (χ1v) is 6.23. The van der Waals surface area contributed by atoms with Gasteiger partial charge in [0.1, 0.15) is 0 Å². The van der Waals surface area contributed by atoms with Crippen LogP contribution in [0.2, 0.25) is 0 Å². The van der Waals surface area contributed by atoms with Gasteiger partial charge >= 0.3 is 0 Å². The third kappa shape index (κ3) is 3.05. The van der Waals surface area contributed by atoms with Gasteiger partial charge in [-0.05, 0) is 19.8 Å². The zero-order valence-electron chi connectivity index (χ0n) is 10.5. The van der Waals surface area contributed by atoms with Crippen molar-refractivity contribution in [2.24, 2.45) is 5.73 Å². The molecule has 2 unspecified atom stereocenters. The molecule has 0 aromatic carbocycles. The van der Waals surface area contributed by atoms with Gasteiger partial charge in [0.15, 0.2) is 5.69 Å². The van der Waals surface area contributed by atoms with Gasteiger partial charge in [-0.2, -0.15) is 0 Å². The molecule has 7 heteroatoms. The molecule has 1 aliphatic heterocycles. The minimum absolute atomic E-state index is 0.0142. The first-order valence-electron chi connectivity index (χ1n) is 6.23. The number of nitrogens with two attached hydrogens (primary N) is 1. The van der Waals surface area contributed by atoms with Crippen molar-refractivity contribution in [1.29, 1.82) is 0 Å². The molecule has 1 amide bonds. The van der Waals surface area contributed by atoms with E-state index in [4.69, 9.17) is 10.5 Å². The Labute approximate surface area is 106 Å². The molecule has 0 bridgehead atoms. The second-order valence-electron chi connectivity index (χ2n) is 4.47. The summed E-state index contributed by atoms with van der Waals surface area (Å²) in [6.07, 6.45) is 3.75. The van der Waals surface area contributed by atoms with Crippen molar-refractivity contribution in [2.75, 3.05) is 13.2 Å². The predicted molar refractivity (Wildman–Crippen MR) is 65.0 cm³/mol. The zero-order chi connectivity index (χ0) is 13.0. The van der Waals surface area contributed by atoms with Crippen molar-refractivity contribution >= 4 is 5.91 Å². The monoisotopic (exact) mass is 253 g/mol. The van der Waals surface area contributed by atoms with E-state index in [2.05, 4.69) is 15.6 Å². The quantitative estimate of drug-likeness (QED) is 0.740. The molecule has 0 aliphatic carbocycles. The number of nitrogens with zero attached hydrogens (tertiary/aromatic N) is 3. The van der Waals surface area contributed by atoms with Gasteiger partial charge in [-0.25, -0.2) is 0 Å². The van der Waals surface area contributed by atoms with Crippen molar-refractivity contribution < 1.29 is 9.53 Å². The zero-order valence-corrected chi connectivity index (χ0v) is 10.5. The molecular weight excluding hydrogens is 234 g/mol. The molecule has 2 heterocycles. The summed E-state index contributed by atoms with van der Waals surface area (Å²) in [5, 5.41) is 10.5. The van der Waals surface area contributed by atoms with Crippen LogP contribution in [0, 0.1) is 0 Å². The van der Waals surface area contributed by atoms with Crippen LogP contribution in [0.15, 0.2) is 6.20 Å². The third-order valence-corrected chi connectivity index (χ3v) is 3.01. The molecule has 7 nitrogen and oxygen atoms in total. The van der Waals surface area contributed by atoms with E-state index in [0.29, 0.717) is 18.8 Å². The number of rotatable bonds is 5. The number of ether oxygens (including phenoxy) is 1. The second-order valence-corrected chi connectivity index (χ2v) is 4.47. The van der Waals surface area contributed by atoms with Crippen molar-refractivity contribution in [2.45, 2.75) is 38.5 Å². The summed E-state index contributed by atoms with van der Waals surface area (Å²) >= 11 is 0. The number of amides is 1. The van der Waals surface area contributed by atoms with Crippen LogP contribution >= 0.6 is 0 Å². The molecule has 1 fully saturated rings. The van der Waals surface area contributed by atoms with E-state index in [1.54, 1.807) is 10.9 Å². The fourth-order valence-corrected chi connectivity index (χ4v) is 2.01. The Bertz CT molecular complexity index is 400. The van der Waals surface area contributed by atoms with E-state index >= 15 is 0 Å². The van der Waals surface area contributed by atoms with Crippen LogP contribution in [0.25, 0.3) is 0 Å². The highest BCUT2D eigenvalue weighted by Gasteiger charge is 2.24. The highest BCUT2D eigenvalue weighted by molar-refractivity contribution is 5.92. The Morgan fingerprint density at radius 1 is 1.78 bits per heavy atom. The minimum Gasteiger partial charge on any atom is -0.376 e. The molecule has 2 atom stereocenters. The summed E-state index contributed by atoms with van der Waals surface area (Å²) in [5.74, 6) is -0.221. The Hall–Kier alpha value is -1.47. The smallest absolute Gasteiger partial charge is 0.273 e. The molecule has 1 saturated heterocycles. The van der Waals surface area contributed by atoms with Crippen LogP contribution in [0.3, 0.4) is 0 Å². The lowest BCUT2D eigenvalue weighted by Gasteiger charge is -2.19. The lowest BCUT2D eigenvalue weighted by atomic mass is 10.1. The number of hydrogen-bond donors (Lipinski definition) is 2. The Kier molecular flexibility index (Phi) is 4.27. The lowest BCUT2D eigenvalue weighted by Crippen LogP contribution is -2.41. The molecule has 1 aromatic rings. The van der Waals surface area contributed by atoms with Gasteiger partial charge in [0, 0.05) is 13.2 Å². The first-order chi connectivity index (χ1) is 8.70. The maximum absolute atomic E-state index is 11.9. The minimum atomic E-state index is -0.221. The van der Waals surface area contributed by atoms with Crippen LogP contribution in [0.4, 0.5) is 0 Å². The largest absolute Gasteiger partial charge is 0.376 e. The van der Waals surface area contributed by atoms with Crippen LogP contribution in [-0.2, 0) is 11.3 Å². The number of aromatic nitrogens is 3. The fourth-order valence-electron chi connectivity index (χ4n) is 2.01. The van der Waals surface area contributed by atoms with Crippen LogP contribution < -0.4 is 11.1 Å². The molecule has 1 aliphatic rings. The molecule has 1 aromatic heterocycles. The Balaban J connectivity index is 1.89. The van der Waals surface area contributed by atoms with E-state index in [-0.39, 0.29) is 18.1 Å². The third-order valence-electron chi connectivity index (χ3n) is 3.01. The van der Waals surface area contributed by atoms with Gasteiger partial charge in [0.05, 0.1) is 24.9 Å². The van der Waals surface area contributed by atoms with Gasteiger partial charge in [0.2, 0.25) is 0 Å². The van der Waals surface area contributed by atoms with Crippen molar-refractivity contribution in [3.8, 4) is 0 Å². The van der Waals surface area contributed by atoms with E-state index in [9.17, 15) is 4.79 Å². The van der Waals surface area contributed by atoms with E-state index in [1.165, 1.54) is 0 Å². The van der Waals surface area contributed by atoms with Gasteiger partial charge in [-0.15, -0.1) is 5.10 Å². The molecule has 0 saturated carbocycles.